The van der Waals surface area contributed by atoms with E-state index < -0.39 is 0 Å². The van der Waals surface area contributed by atoms with Crippen LogP contribution in [0, 0.1) is 0 Å². The van der Waals surface area contributed by atoms with Crippen LogP contribution >= 0.6 is 11.8 Å². The number of hydrogen-bond acceptors (Lipinski definition) is 2. The molecule has 0 saturated carbocycles. The fraction of sp³-hybridized carbons (Fsp3) is 0.294. The largest absolute Gasteiger partial charge is 0.327 e. The Kier molecular flexibility index (Phi) is 5.06. The first-order valence-corrected chi connectivity index (χ1v) is 7.94. The Hall–Kier alpha value is -1.25. The van der Waals surface area contributed by atoms with Crippen LogP contribution < -0.4 is 5.73 Å². The molecule has 19 heavy (non-hydrogen) atoms. The normalized spacial score (nSPS) is 12.4. The van der Waals surface area contributed by atoms with E-state index >= 15 is 0 Å². The van der Waals surface area contributed by atoms with Crippen molar-refractivity contribution in [3.05, 3.63) is 54.1 Å². The molecule has 2 aromatic carbocycles. The second-order valence-electron chi connectivity index (χ2n) is 4.80. The van der Waals surface area contributed by atoms with E-state index in [1.165, 1.54) is 21.6 Å². The third-order valence-corrected chi connectivity index (χ3v) is 4.14. The summed E-state index contributed by atoms with van der Waals surface area (Å²) in [6, 6.07) is 17.7. The highest BCUT2D eigenvalue weighted by Gasteiger charge is 2.02. The van der Waals surface area contributed by atoms with Crippen molar-refractivity contribution in [2.45, 2.75) is 30.7 Å². The summed E-state index contributed by atoms with van der Waals surface area (Å²) in [4.78, 5) is 1.30. The Bertz CT molecular complexity index is 502. The van der Waals surface area contributed by atoms with Crippen LogP contribution in [0.2, 0.25) is 0 Å². The van der Waals surface area contributed by atoms with Gasteiger partial charge in [0.2, 0.25) is 0 Å². The molecule has 0 aliphatic heterocycles. The first-order valence-electron chi connectivity index (χ1n) is 6.72. The molecule has 0 radical (unpaired) electrons. The SMILES string of the molecule is CCC(N)Cc1ccc(-c2ccc(SC)cc2)cc1. The number of benzene rings is 2. The van der Waals surface area contributed by atoms with Gasteiger partial charge in [0, 0.05) is 10.9 Å². The van der Waals surface area contributed by atoms with Crippen LogP contribution in [0.1, 0.15) is 18.9 Å². The second-order valence-corrected chi connectivity index (χ2v) is 5.68. The van der Waals surface area contributed by atoms with Crippen LogP contribution in [0.25, 0.3) is 11.1 Å². The summed E-state index contributed by atoms with van der Waals surface area (Å²) in [6.07, 6.45) is 4.08. The lowest BCUT2D eigenvalue weighted by molar-refractivity contribution is 0.646. The monoisotopic (exact) mass is 271 g/mol. The Labute approximate surface area is 120 Å². The molecule has 1 nitrogen and oxygen atoms in total. The van der Waals surface area contributed by atoms with Crippen LogP contribution in [-0.2, 0) is 6.42 Å². The maximum Gasteiger partial charge on any atom is 0.00766 e. The lowest BCUT2D eigenvalue weighted by atomic mass is 10.0. The summed E-state index contributed by atoms with van der Waals surface area (Å²) in [5, 5.41) is 0. The molecule has 2 heteroatoms. The van der Waals surface area contributed by atoms with Gasteiger partial charge in [0.05, 0.1) is 0 Å². The number of nitrogens with two attached hydrogens (primary N) is 1. The van der Waals surface area contributed by atoms with E-state index in [1.807, 2.05) is 0 Å². The molecular weight excluding hydrogens is 250 g/mol. The minimum atomic E-state index is 0.270. The number of hydrogen-bond donors (Lipinski definition) is 1. The average molecular weight is 271 g/mol. The summed E-state index contributed by atoms with van der Waals surface area (Å²) < 4.78 is 0. The summed E-state index contributed by atoms with van der Waals surface area (Å²) >= 11 is 1.77. The first kappa shape index (κ1) is 14.2. The Morgan fingerprint density at radius 2 is 1.47 bits per heavy atom. The molecule has 0 saturated heterocycles. The second kappa shape index (κ2) is 6.78. The number of thioether (sulfide) groups is 1. The van der Waals surface area contributed by atoms with Crippen molar-refractivity contribution >= 4 is 11.8 Å². The van der Waals surface area contributed by atoms with Gasteiger partial charge in [0.1, 0.15) is 0 Å². The van der Waals surface area contributed by atoms with E-state index in [9.17, 15) is 0 Å². The Morgan fingerprint density at radius 3 is 1.95 bits per heavy atom. The van der Waals surface area contributed by atoms with E-state index in [2.05, 4.69) is 61.7 Å². The molecule has 0 bridgehead atoms. The molecule has 2 N–H and O–H groups in total. The van der Waals surface area contributed by atoms with E-state index in [1.54, 1.807) is 11.8 Å². The summed E-state index contributed by atoms with van der Waals surface area (Å²) in [5.74, 6) is 0. The van der Waals surface area contributed by atoms with E-state index in [0.717, 1.165) is 12.8 Å². The molecule has 0 aromatic heterocycles. The van der Waals surface area contributed by atoms with Gasteiger partial charge in [0.25, 0.3) is 0 Å². The molecule has 1 atom stereocenters. The fourth-order valence-corrected chi connectivity index (χ4v) is 2.47. The molecule has 2 aromatic rings. The van der Waals surface area contributed by atoms with E-state index in [0.29, 0.717) is 0 Å². The van der Waals surface area contributed by atoms with Crippen LogP contribution in [0.5, 0.6) is 0 Å². The topological polar surface area (TPSA) is 26.0 Å². The zero-order chi connectivity index (χ0) is 13.7. The standard InChI is InChI=1S/C17H21NS/c1-3-16(18)12-13-4-6-14(7-5-13)15-8-10-17(19-2)11-9-15/h4-11,16H,3,12,18H2,1-2H3. The van der Waals surface area contributed by atoms with Gasteiger partial charge in [-0.15, -0.1) is 11.8 Å². The predicted molar refractivity (Wildman–Crippen MR) is 85.6 cm³/mol. The van der Waals surface area contributed by atoms with Crippen molar-refractivity contribution < 1.29 is 0 Å². The van der Waals surface area contributed by atoms with E-state index in [4.69, 9.17) is 5.73 Å². The van der Waals surface area contributed by atoms with Gasteiger partial charge in [-0.2, -0.15) is 0 Å². The van der Waals surface area contributed by atoms with Crippen LogP contribution in [0.4, 0.5) is 0 Å². The van der Waals surface area contributed by atoms with Crippen LogP contribution in [-0.4, -0.2) is 12.3 Å². The molecule has 0 aliphatic rings. The molecule has 1 unspecified atom stereocenters. The summed E-state index contributed by atoms with van der Waals surface area (Å²) in [6.45, 7) is 2.13. The van der Waals surface area contributed by atoms with Crippen molar-refractivity contribution in [3.63, 3.8) is 0 Å². The van der Waals surface area contributed by atoms with Crippen LogP contribution in [0.15, 0.2) is 53.4 Å². The first-order chi connectivity index (χ1) is 9.22. The minimum Gasteiger partial charge on any atom is -0.327 e. The van der Waals surface area contributed by atoms with Crippen molar-refractivity contribution in [1.29, 1.82) is 0 Å². The van der Waals surface area contributed by atoms with Gasteiger partial charge in [-0.1, -0.05) is 43.3 Å². The van der Waals surface area contributed by atoms with Crippen molar-refractivity contribution in [2.24, 2.45) is 5.73 Å². The van der Waals surface area contributed by atoms with Crippen molar-refractivity contribution in [1.82, 2.24) is 0 Å². The smallest absolute Gasteiger partial charge is 0.00766 e. The molecule has 0 amide bonds. The zero-order valence-corrected chi connectivity index (χ0v) is 12.4. The molecular formula is C17H21NS. The average Bonchev–Trinajstić information content (AvgIpc) is 2.48. The molecule has 100 valence electrons. The highest BCUT2D eigenvalue weighted by molar-refractivity contribution is 7.98. The molecule has 0 aliphatic carbocycles. The molecule has 0 spiro atoms. The Balaban J connectivity index is 2.12. The lowest BCUT2D eigenvalue weighted by Crippen LogP contribution is -2.21. The van der Waals surface area contributed by atoms with Gasteiger partial charge in [-0.25, -0.2) is 0 Å². The van der Waals surface area contributed by atoms with Crippen LogP contribution in [0.3, 0.4) is 0 Å². The third-order valence-electron chi connectivity index (χ3n) is 3.40. The quantitative estimate of drug-likeness (QED) is 0.818. The van der Waals surface area contributed by atoms with Crippen molar-refractivity contribution in [3.8, 4) is 11.1 Å². The van der Waals surface area contributed by atoms with Gasteiger partial charge in [-0.05, 0) is 47.9 Å². The van der Waals surface area contributed by atoms with Gasteiger partial charge < -0.3 is 5.73 Å². The van der Waals surface area contributed by atoms with Gasteiger partial charge in [-0.3, -0.25) is 0 Å². The molecule has 0 heterocycles. The molecule has 0 fully saturated rings. The van der Waals surface area contributed by atoms with Gasteiger partial charge in [0.15, 0.2) is 0 Å². The van der Waals surface area contributed by atoms with E-state index in [-0.39, 0.29) is 6.04 Å². The summed E-state index contributed by atoms with van der Waals surface area (Å²) in [7, 11) is 0. The summed E-state index contributed by atoms with van der Waals surface area (Å²) in [5.41, 5.74) is 9.84. The Morgan fingerprint density at radius 1 is 0.947 bits per heavy atom. The maximum atomic E-state index is 5.98. The number of rotatable bonds is 5. The molecule has 2 rings (SSSR count). The minimum absolute atomic E-state index is 0.270. The highest BCUT2D eigenvalue weighted by Crippen LogP contribution is 2.23. The van der Waals surface area contributed by atoms with Crippen molar-refractivity contribution in [2.75, 3.05) is 6.26 Å². The zero-order valence-electron chi connectivity index (χ0n) is 11.6. The fourth-order valence-electron chi connectivity index (χ4n) is 2.06. The lowest BCUT2D eigenvalue weighted by Gasteiger charge is -2.09. The highest BCUT2D eigenvalue weighted by atomic mass is 32.2. The van der Waals surface area contributed by atoms with Gasteiger partial charge >= 0.3 is 0 Å². The predicted octanol–water partition coefficient (Wildman–Crippen LogP) is 4.36. The third kappa shape index (κ3) is 3.85. The maximum absolute atomic E-state index is 5.98.